The van der Waals surface area contributed by atoms with Gasteiger partial charge >= 0.3 is 12.1 Å². The molecule has 0 aliphatic heterocycles. The van der Waals surface area contributed by atoms with E-state index in [1.807, 2.05) is 0 Å². The minimum atomic E-state index is -1.18. The van der Waals surface area contributed by atoms with Gasteiger partial charge in [-0.25, -0.2) is 9.59 Å². The van der Waals surface area contributed by atoms with Gasteiger partial charge < -0.3 is 19.9 Å². The Kier molecular flexibility index (Phi) is 5.40. The molecule has 2 N–H and O–H groups in total. The van der Waals surface area contributed by atoms with Crippen molar-refractivity contribution in [2.75, 3.05) is 13.7 Å². The summed E-state index contributed by atoms with van der Waals surface area (Å²) >= 11 is 0. The maximum absolute atomic E-state index is 11.3. The number of amides is 1. The predicted octanol–water partition coefficient (Wildman–Crippen LogP) is 1.73. The van der Waals surface area contributed by atoms with Crippen LogP contribution in [-0.4, -0.2) is 30.9 Å². The van der Waals surface area contributed by atoms with E-state index in [1.165, 1.54) is 13.2 Å². The first-order valence-corrected chi connectivity index (χ1v) is 5.49. The highest BCUT2D eigenvalue weighted by atomic mass is 16.5. The maximum Gasteiger partial charge on any atom is 0.408 e. The molecule has 0 saturated heterocycles. The van der Waals surface area contributed by atoms with Crippen molar-refractivity contribution in [2.45, 2.75) is 6.04 Å². The van der Waals surface area contributed by atoms with Crippen molar-refractivity contribution < 1.29 is 24.2 Å². The van der Waals surface area contributed by atoms with Gasteiger partial charge in [0.15, 0.2) is 6.04 Å². The molecular weight excluding hydrogens is 250 g/mol. The molecule has 102 valence electrons. The zero-order chi connectivity index (χ0) is 14.3. The van der Waals surface area contributed by atoms with Crippen molar-refractivity contribution in [3.8, 4) is 5.75 Å². The van der Waals surface area contributed by atoms with E-state index in [4.69, 9.17) is 9.84 Å². The van der Waals surface area contributed by atoms with Gasteiger partial charge in [-0.2, -0.15) is 0 Å². The van der Waals surface area contributed by atoms with Crippen LogP contribution in [0.5, 0.6) is 5.75 Å². The number of alkyl carbamates (subject to hydrolysis) is 1. The average Bonchev–Trinajstić information content (AvgIpc) is 2.42. The van der Waals surface area contributed by atoms with Crippen molar-refractivity contribution in [1.29, 1.82) is 0 Å². The zero-order valence-corrected chi connectivity index (χ0v) is 10.5. The largest absolute Gasteiger partial charge is 0.497 e. The number of carbonyl (C=O) groups excluding carboxylic acids is 1. The number of benzene rings is 1. The van der Waals surface area contributed by atoms with Crippen molar-refractivity contribution in [2.24, 2.45) is 0 Å². The fourth-order valence-electron chi connectivity index (χ4n) is 1.38. The lowest BCUT2D eigenvalue weighted by atomic mass is 10.1. The molecule has 1 atom stereocenters. The predicted molar refractivity (Wildman–Crippen MR) is 68.1 cm³/mol. The molecule has 1 unspecified atom stereocenters. The summed E-state index contributed by atoms with van der Waals surface area (Å²) in [4.78, 5) is 22.5. The van der Waals surface area contributed by atoms with E-state index >= 15 is 0 Å². The van der Waals surface area contributed by atoms with E-state index in [0.717, 1.165) is 0 Å². The van der Waals surface area contributed by atoms with Crippen LogP contribution in [0.25, 0.3) is 0 Å². The lowest BCUT2D eigenvalue weighted by Crippen LogP contribution is -2.34. The van der Waals surface area contributed by atoms with Crippen LogP contribution < -0.4 is 10.1 Å². The van der Waals surface area contributed by atoms with Gasteiger partial charge in [0.05, 0.1) is 7.11 Å². The number of carboxylic acids is 1. The highest BCUT2D eigenvalue weighted by Crippen LogP contribution is 2.18. The molecule has 1 aromatic rings. The van der Waals surface area contributed by atoms with E-state index in [2.05, 4.69) is 16.6 Å². The summed E-state index contributed by atoms with van der Waals surface area (Å²) in [6, 6.07) is 5.17. The molecule has 0 radical (unpaired) electrons. The van der Waals surface area contributed by atoms with E-state index < -0.39 is 18.1 Å². The summed E-state index contributed by atoms with van der Waals surface area (Å²) in [5.74, 6) is -0.581. The first kappa shape index (κ1) is 14.6. The Morgan fingerprint density at radius 3 is 2.53 bits per heavy atom. The highest BCUT2D eigenvalue weighted by molar-refractivity contribution is 5.81. The third-order valence-corrected chi connectivity index (χ3v) is 2.29. The van der Waals surface area contributed by atoms with E-state index in [9.17, 15) is 9.59 Å². The third-order valence-electron chi connectivity index (χ3n) is 2.29. The fourth-order valence-corrected chi connectivity index (χ4v) is 1.38. The van der Waals surface area contributed by atoms with Gasteiger partial charge in [0.1, 0.15) is 12.4 Å². The molecule has 1 aromatic carbocycles. The van der Waals surface area contributed by atoms with Crippen LogP contribution in [0, 0.1) is 0 Å². The van der Waals surface area contributed by atoms with Crippen LogP contribution in [0.3, 0.4) is 0 Å². The Hall–Kier alpha value is -2.50. The molecule has 0 fully saturated rings. The van der Waals surface area contributed by atoms with Gasteiger partial charge in [-0.15, -0.1) is 0 Å². The lowest BCUT2D eigenvalue weighted by Gasteiger charge is -2.14. The summed E-state index contributed by atoms with van der Waals surface area (Å²) in [6.45, 7) is 3.40. The second-order valence-corrected chi connectivity index (χ2v) is 3.58. The normalized spacial score (nSPS) is 11.2. The topological polar surface area (TPSA) is 84.9 Å². The second-order valence-electron chi connectivity index (χ2n) is 3.58. The first-order valence-electron chi connectivity index (χ1n) is 5.49. The van der Waals surface area contributed by atoms with Crippen LogP contribution in [0.2, 0.25) is 0 Å². The zero-order valence-electron chi connectivity index (χ0n) is 10.5. The van der Waals surface area contributed by atoms with Crippen molar-refractivity contribution in [1.82, 2.24) is 5.32 Å². The molecule has 6 nitrogen and oxygen atoms in total. The number of rotatable bonds is 6. The van der Waals surface area contributed by atoms with Gasteiger partial charge in [-0.05, 0) is 17.7 Å². The molecule has 0 heterocycles. The number of carboxylic acid groups (broad SMARTS) is 1. The Morgan fingerprint density at radius 2 is 2.05 bits per heavy atom. The molecule has 1 amide bonds. The molecule has 0 bridgehead atoms. The average molecular weight is 265 g/mol. The monoisotopic (exact) mass is 265 g/mol. The van der Waals surface area contributed by atoms with Crippen molar-refractivity contribution in [3.63, 3.8) is 0 Å². The van der Waals surface area contributed by atoms with E-state index in [-0.39, 0.29) is 6.61 Å². The lowest BCUT2D eigenvalue weighted by molar-refractivity contribution is -0.139. The number of hydrogen-bond donors (Lipinski definition) is 2. The number of carbonyl (C=O) groups is 2. The number of hydrogen-bond acceptors (Lipinski definition) is 4. The number of nitrogens with one attached hydrogen (secondary N) is 1. The smallest absolute Gasteiger partial charge is 0.408 e. The number of methoxy groups -OCH3 is 1. The molecular formula is C13H15NO5. The van der Waals surface area contributed by atoms with Crippen LogP contribution in [0.1, 0.15) is 11.6 Å². The summed E-state index contributed by atoms with van der Waals surface area (Å²) < 4.78 is 9.66. The summed E-state index contributed by atoms with van der Waals surface area (Å²) in [6.07, 6.45) is 0.575. The summed E-state index contributed by atoms with van der Waals surface area (Å²) in [5.41, 5.74) is 0.420. The fraction of sp³-hybridized carbons (Fsp3) is 0.231. The summed E-state index contributed by atoms with van der Waals surface area (Å²) in [5, 5.41) is 11.4. The minimum absolute atomic E-state index is 0.0147. The molecule has 1 rings (SSSR count). The number of aliphatic carboxylic acids is 1. The quantitative estimate of drug-likeness (QED) is 0.765. The van der Waals surface area contributed by atoms with Gasteiger partial charge in [0, 0.05) is 0 Å². The van der Waals surface area contributed by atoms with Gasteiger partial charge in [-0.3, -0.25) is 0 Å². The highest BCUT2D eigenvalue weighted by Gasteiger charge is 2.22. The van der Waals surface area contributed by atoms with Crippen LogP contribution >= 0.6 is 0 Å². The maximum atomic E-state index is 11.3. The molecule has 0 saturated carbocycles. The molecule has 6 heteroatoms. The number of ether oxygens (including phenoxy) is 2. The third kappa shape index (κ3) is 4.34. The van der Waals surface area contributed by atoms with E-state index in [1.54, 1.807) is 24.3 Å². The molecule has 0 aromatic heterocycles. The van der Waals surface area contributed by atoms with E-state index in [0.29, 0.717) is 11.3 Å². The van der Waals surface area contributed by atoms with Crippen LogP contribution in [0.4, 0.5) is 4.79 Å². The molecule has 0 aliphatic carbocycles. The van der Waals surface area contributed by atoms with Gasteiger partial charge in [-0.1, -0.05) is 24.8 Å². The second kappa shape index (κ2) is 7.05. The van der Waals surface area contributed by atoms with Gasteiger partial charge in [0.25, 0.3) is 0 Å². The van der Waals surface area contributed by atoms with Crippen LogP contribution in [-0.2, 0) is 9.53 Å². The SMILES string of the molecule is C=CCOC(=O)NC(C(=O)O)c1ccc(OC)cc1. The Labute approximate surface area is 110 Å². The van der Waals surface area contributed by atoms with Gasteiger partial charge in [0.2, 0.25) is 0 Å². The Bertz CT molecular complexity index is 455. The standard InChI is InChI=1S/C13H15NO5/c1-3-8-19-13(17)14-11(12(15)16)9-4-6-10(18-2)7-5-9/h3-7,11H,1,8H2,2H3,(H,14,17)(H,15,16). The Balaban J connectivity index is 2.78. The molecule has 0 spiro atoms. The summed E-state index contributed by atoms with van der Waals surface area (Å²) in [7, 11) is 1.51. The molecule has 0 aliphatic rings. The first-order chi connectivity index (χ1) is 9.08. The van der Waals surface area contributed by atoms with Crippen molar-refractivity contribution in [3.05, 3.63) is 42.5 Å². The Morgan fingerprint density at radius 1 is 1.42 bits per heavy atom. The van der Waals surface area contributed by atoms with Crippen LogP contribution in [0.15, 0.2) is 36.9 Å². The minimum Gasteiger partial charge on any atom is -0.497 e. The van der Waals surface area contributed by atoms with Crippen molar-refractivity contribution >= 4 is 12.1 Å². The molecule has 19 heavy (non-hydrogen) atoms.